The predicted octanol–water partition coefficient (Wildman–Crippen LogP) is 3.68. The Bertz CT molecular complexity index is 1020. The SMILES string of the molecule is O=C(C=Cc1cccs1)NC(=S)NNC(=O)c1ccc(OCc2ccccc2)cc1. The Morgan fingerprint density at radius 2 is 1.73 bits per heavy atom. The van der Waals surface area contributed by atoms with Crippen molar-refractivity contribution in [2.24, 2.45) is 0 Å². The molecule has 0 aliphatic rings. The lowest BCUT2D eigenvalue weighted by Gasteiger charge is -2.10. The van der Waals surface area contributed by atoms with Crippen molar-refractivity contribution in [3.8, 4) is 5.75 Å². The highest BCUT2D eigenvalue weighted by Gasteiger charge is 2.07. The van der Waals surface area contributed by atoms with Crippen molar-refractivity contribution < 1.29 is 14.3 Å². The highest BCUT2D eigenvalue weighted by atomic mass is 32.1. The number of thiophene rings is 1. The van der Waals surface area contributed by atoms with E-state index in [9.17, 15) is 9.59 Å². The van der Waals surface area contributed by atoms with Crippen LogP contribution in [0.15, 0.2) is 78.2 Å². The largest absolute Gasteiger partial charge is 0.489 e. The van der Waals surface area contributed by atoms with Gasteiger partial charge in [-0.3, -0.25) is 25.8 Å². The molecule has 0 bridgehead atoms. The van der Waals surface area contributed by atoms with Crippen LogP contribution in [0.5, 0.6) is 5.75 Å². The highest BCUT2D eigenvalue weighted by Crippen LogP contribution is 2.14. The van der Waals surface area contributed by atoms with Crippen molar-refractivity contribution in [2.75, 3.05) is 0 Å². The monoisotopic (exact) mass is 437 g/mol. The molecule has 0 saturated heterocycles. The van der Waals surface area contributed by atoms with Crippen molar-refractivity contribution in [2.45, 2.75) is 6.61 Å². The number of hydrazine groups is 1. The zero-order valence-electron chi connectivity index (χ0n) is 15.8. The van der Waals surface area contributed by atoms with Gasteiger partial charge in [0.1, 0.15) is 12.4 Å². The second-order valence-corrected chi connectivity index (χ2v) is 7.43. The second-order valence-electron chi connectivity index (χ2n) is 6.04. The van der Waals surface area contributed by atoms with Crippen LogP contribution in [0.25, 0.3) is 6.08 Å². The summed E-state index contributed by atoms with van der Waals surface area (Å²) >= 11 is 6.52. The fraction of sp³-hybridized carbons (Fsp3) is 0.0455. The van der Waals surface area contributed by atoms with Crippen molar-refractivity contribution in [1.82, 2.24) is 16.2 Å². The summed E-state index contributed by atoms with van der Waals surface area (Å²) in [5.41, 5.74) is 6.42. The molecule has 6 nitrogen and oxygen atoms in total. The molecule has 0 saturated carbocycles. The van der Waals surface area contributed by atoms with Gasteiger partial charge in [-0.05, 0) is 59.6 Å². The van der Waals surface area contributed by atoms with E-state index in [1.807, 2.05) is 47.8 Å². The van der Waals surface area contributed by atoms with E-state index in [2.05, 4.69) is 16.2 Å². The number of carbonyl (C=O) groups is 2. The van der Waals surface area contributed by atoms with Crippen LogP contribution in [0, 0.1) is 0 Å². The first-order valence-corrected chi connectivity index (χ1v) is 10.3. The Labute approximate surface area is 183 Å². The number of rotatable bonds is 6. The van der Waals surface area contributed by atoms with Crippen LogP contribution < -0.4 is 20.9 Å². The van der Waals surface area contributed by atoms with Crippen LogP contribution in [-0.2, 0) is 11.4 Å². The average molecular weight is 438 g/mol. The van der Waals surface area contributed by atoms with Crippen LogP contribution in [0.2, 0.25) is 0 Å². The first kappa shape index (κ1) is 21.2. The summed E-state index contributed by atoms with van der Waals surface area (Å²) in [5, 5.41) is 4.37. The lowest BCUT2D eigenvalue weighted by molar-refractivity contribution is -0.115. The molecule has 2 amide bonds. The summed E-state index contributed by atoms with van der Waals surface area (Å²) in [6.45, 7) is 0.447. The number of benzene rings is 2. The van der Waals surface area contributed by atoms with E-state index in [0.717, 1.165) is 10.4 Å². The summed E-state index contributed by atoms with van der Waals surface area (Å²) in [6, 6.07) is 20.3. The van der Waals surface area contributed by atoms with E-state index >= 15 is 0 Å². The van der Waals surface area contributed by atoms with Crippen LogP contribution in [0.1, 0.15) is 20.8 Å². The van der Waals surface area contributed by atoms with Crippen LogP contribution >= 0.6 is 23.6 Å². The molecule has 8 heteroatoms. The molecule has 152 valence electrons. The van der Waals surface area contributed by atoms with Crippen molar-refractivity contribution >= 4 is 46.6 Å². The maximum absolute atomic E-state index is 12.2. The molecule has 0 unspecified atom stereocenters. The molecule has 0 atom stereocenters. The van der Waals surface area contributed by atoms with Gasteiger partial charge in [-0.25, -0.2) is 0 Å². The fourth-order valence-electron chi connectivity index (χ4n) is 2.36. The second kappa shape index (κ2) is 10.9. The first-order chi connectivity index (χ1) is 14.6. The average Bonchev–Trinajstić information content (AvgIpc) is 3.29. The minimum Gasteiger partial charge on any atom is -0.489 e. The Kier molecular flexibility index (Phi) is 7.71. The number of ether oxygens (including phenoxy) is 1. The zero-order chi connectivity index (χ0) is 21.2. The van der Waals surface area contributed by atoms with Gasteiger partial charge in [0.2, 0.25) is 5.91 Å². The van der Waals surface area contributed by atoms with Gasteiger partial charge in [0, 0.05) is 16.5 Å². The van der Waals surface area contributed by atoms with Crippen LogP contribution in [0.3, 0.4) is 0 Å². The summed E-state index contributed by atoms with van der Waals surface area (Å²) < 4.78 is 5.70. The van der Waals surface area contributed by atoms with Gasteiger partial charge in [-0.15, -0.1) is 11.3 Å². The molecule has 0 fully saturated rings. The molecule has 0 aliphatic carbocycles. The molecule has 1 aromatic heterocycles. The van der Waals surface area contributed by atoms with Gasteiger partial charge < -0.3 is 4.74 Å². The lowest BCUT2D eigenvalue weighted by Crippen LogP contribution is -2.48. The molecule has 3 rings (SSSR count). The predicted molar refractivity (Wildman–Crippen MR) is 122 cm³/mol. The summed E-state index contributed by atoms with van der Waals surface area (Å²) in [7, 11) is 0. The molecule has 0 radical (unpaired) electrons. The molecular formula is C22H19N3O3S2. The number of hydrogen-bond donors (Lipinski definition) is 3. The number of hydrogen-bond acceptors (Lipinski definition) is 5. The number of thiocarbonyl (C=S) groups is 1. The highest BCUT2D eigenvalue weighted by molar-refractivity contribution is 7.80. The minimum atomic E-state index is -0.393. The summed E-state index contributed by atoms with van der Waals surface area (Å²) in [4.78, 5) is 25.0. The Balaban J connectivity index is 1.41. The van der Waals surface area contributed by atoms with Crippen molar-refractivity contribution in [1.29, 1.82) is 0 Å². The molecule has 3 N–H and O–H groups in total. The van der Waals surface area contributed by atoms with E-state index in [1.54, 1.807) is 30.3 Å². The van der Waals surface area contributed by atoms with Crippen LogP contribution in [0.4, 0.5) is 0 Å². The standard InChI is InChI=1S/C22H19N3O3S2/c26-20(13-12-19-7-4-14-30-19)23-22(29)25-24-21(27)17-8-10-18(11-9-17)28-15-16-5-2-1-3-6-16/h1-14H,15H2,(H,24,27)(H2,23,25,26,29). The summed E-state index contributed by atoms with van der Waals surface area (Å²) in [6.07, 6.45) is 3.05. The number of nitrogens with one attached hydrogen (secondary N) is 3. The summed E-state index contributed by atoms with van der Waals surface area (Å²) in [5.74, 6) is -0.130. The van der Waals surface area contributed by atoms with E-state index in [4.69, 9.17) is 17.0 Å². The van der Waals surface area contributed by atoms with E-state index in [-0.39, 0.29) is 5.11 Å². The quantitative estimate of drug-likeness (QED) is 0.312. The third kappa shape index (κ3) is 6.84. The minimum absolute atomic E-state index is 0.00741. The van der Waals surface area contributed by atoms with Crippen molar-refractivity contribution in [3.05, 3.63) is 94.2 Å². The molecule has 0 aliphatic heterocycles. The van der Waals surface area contributed by atoms with E-state index < -0.39 is 11.8 Å². The smallest absolute Gasteiger partial charge is 0.269 e. The Morgan fingerprint density at radius 3 is 2.43 bits per heavy atom. The van der Waals surface area contributed by atoms with E-state index in [0.29, 0.717) is 17.9 Å². The topological polar surface area (TPSA) is 79.5 Å². The maximum Gasteiger partial charge on any atom is 0.269 e. The number of amides is 2. The zero-order valence-corrected chi connectivity index (χ0v) is 17.5. The normalized spacial score (nSPS) is 10.4. The Hall–Kier alpha value is -3.49. The first-order valence-electron chi connectivity index (χ1n) is 9.00. The molecule has 30 heavy (non-hydrogen) atoms. The van der Waals surface area contributed by atoms with Gasteiger partial charge in [0.05, 0.1) is 0 Å². The third-order valence-corrected chi connectivity index (χ3v) is 4.87. The van der Waals surface area contributed by atoms with E-state index in [1.165, 1.54) is 17.4 Å². The third-order valence-electron chi connectivity index (χ3n) is 3.83. The van der Waals surface area contributed by atoms with Crippen LogP contribution in [-0.4, -0.2) is 16.9 Å². The van der Waals surface area contributed by atoms with Gasteiger partial charge in [-0.2, -0.15) is 0 Å². The number of carbonyl (C=O) groups excluding carboxylic acids is 2. The fourth-order valence-corrected chi connectivity index (χ4v) is 3.13. The molecule has 0 spiro atoms. The van der Waals surface area contributed by atoms with Gasteiger partial charge in [0.15, 0.2) is 5.11 Å². The molecule has 3 aromatic rings. The van der Waals surface area contributed by atoms with Gasteiger partial charge in [-0.1, -0.05) is 36.4 Å². The molecule has 2 aromatic carbocycles. The molecular weight excluding hydrogens is 418 g/mol. The molecule has 1 heterocycles. The Morgan fingerprint density at radius 1 is 0.967 bits per heavy atom. The lowest BCUT2D eigenvalue weighted by atomic mass is 10.2. The van der Waals surface area contributed by atoms with Gasteiger partial charge >= 0.3 is 0 Å². The maximum atomic E-state index is 12.2. The van der Waals surface area contributed by atoms with Gasteiger partial charge in [0.25, 0.3) is 5.91 Å². The van der Waals surface area contributed by atoms with Crippen molar-refractivity contribution in [3.63, 3.8) is 0 Å².